The van der Waals surface area contributed by atoms with Crippen LogP contribution in [0.5, 0.6) is 0 Å². The molecule has 0 atom stereocenters. The van der Waals surface area contributed by atoms with Crippen LogP contribution in [0.1, 0.15) is 18.4 Å². The largest absolute Gasteiger partial charge is 0.396 e. The summed E-state index contributed by atoms with van der Waals surface area (Å²) in [5.41, 5.74) is 6.68. The van der Waals surface area contributed by atoms with Gasteiger partial charge in [0.1, 0.15) is 5.82 Å². The summed E-state index contributed by atoms with van der Waals surface area (Å²) in [5.74, 6) is 0.358. The molecule has 0 radical (unpaired) electrons. The zero-order valence-electron chi connectivity index (χ0n) is 10.9. The quantitative estimate of drug-likeness (QED) is 0.835. The van der Waals surface area contributed by atoms with E-state index < -0.39 is 0 Å². The molecule has 18 heavy (non-hydrogen) atoms. The van der Waals surface area contributed by atoms with Gasteiger partial charge < -0.3 is 10.5 Å². The number of hydrogen-bond acceptors (Lipinski definition) is 3. The number of halogens is 1. The number of nitrogens with zero attached hydrogens (tertiary/aromatic N) is 1. The van der Waals surface area contributed by atoms with E-state index in [4.69, 9.17) is 10.5 Å². The van der Waals surface area contributed by atoms with Crippen molar-refractivity contribution in [1.29, 1.82) is 0 Å². The molecule has 1 aromatic rings. The number of likely N-dealkylation sites (tertiary alicyclic amines) is 1. The second kappa shape index (κ2) is 6.16. The first-order valence-corrected chi connectivity index (χ1v) is 6.44. The van der Waals surface area contributed by atoms with Gasteiger partial charge in [0.15, 0.2) is 0 Å². The summed E-state index contributed by atoms with van der Waals surface area (Å²) in [6, 6.07) is 5.08. The van der Waals surface area contributed by atoms with Crippen LogP contribution >= 0.6 is 0 Å². The van der Waals surface area contributed by atoms with E-state index in [2.05, 4.69) is 4.90 Å². The number of rotatable bonds is 4. The highest BCUT2D eigenvalue weighted by molar-refractivity contribution is 5.41. The Morgan fingerprint density at radius 2 is 2.11 bits per heavy atom. The smallest absolute Gasteiger partial charge is 0.146 e. The van der Waals surface area contributed by atoms with Crippen molar-refractivity contribution in [2.75, 3.05) is 32.5 Å². The van der Waals surface area contributed by atoms with Crippen LogP contribution < -0.4 is 5.73 Å². The van der Waals surface area contributed by atoms with Crippen LogP contribution in [0.2, 0.25) is 0 Å². The highest BCUT2D eigenvalue weighted by Crippen LogP contribution is 2.20. The molecule has 3 nitrogen and oxygen atoms in total. The first-order valence-electron chi connectivity index (χ1n) is 6.44. The van der Waals surface area contributed by atoms with Crippen molar-refractivity contribution in [3.8, 4) is 0 Å². The lowest BCUT2D eigenvalue weighted by Crippen LogP contribution is -2.34. The first kappa shape index (κ1) is 13.3. The van der Waals surface area contributed by atoms with Crippen molar-refractivity contribution in [3.05, 3.63) is 29.6 Å². The number of nitrogens with two attached hydrogens (primary N) is 1. The molecule has 2 N–H and O–H groups in total. The number of hydrogen-bond donors (Lipinski definition) is 1. The van der Waals surface area contributed by atoms with Gasteiger partial charge in [-0.2, -0.15) is 0 Å². The van der Waals surface area contributed by atoms with Gasteiger partial charge >= 0.3 is 0 Å². The monoisotopic (exact) mass is 252 g/mol. The summed E-state index contributed by atoms with van der Waals surface area (Å²) in [4.78, 5) is 2.36. The predicted molar refractivity (Wildman–Crippen MR) is 70.7 cm³/mol. The maximum atomic E-state index is 13.3. The molecular formula is C14H21FN2O. The molecule has 1 aliphatic heterocycles. The van der Waals surface area contributed by atoms with Crippen molar-refractivity contribution in [1.82, 2.24) is 4.90 Å². The van der Waals surface area contributed by atoms with E-state index in [1.165, 1.54) is 6.07 Å². The van der Waals surface area contributed by atoms with Crippen LogP contribution in [0.15, 0.2) is 18.2 Å². The highest BCUT2D eigenvalue weighted by atomic mass is 19.1. The van der Waals surface area contributed by atoms with Gasteiger partial charge in [-0.1, -0.05) is 6.07 Å². The number of benzene rings is 1. The lowest BCUT2D eigenvalue weighted by molar-refractivity contribution is 0.0968. The van der Waals surface area contributed by atoms with Crippen LogP contribution in [-0.4, -0.2) is 31.7 Å². The second-order valence-electron chi connectivity index (χ2n) is 5.03. The summed E-state index contributed by atoms with van der Waals surface area (Å²) < 4.78 is 18.5. The molecule has 1 aromatic carbocycles. The van der Waals surface area contributed by atoms with E-state index in [1.54, 1.807) is 13.2 Å². The molecule has 1 aliphatic rings. The molecule has 1 fully saturated rings. The van der Waals surface area contributed by atoms with E-state index in [9.17, 15) is 4.39 Å². The Bertz CT molecular complexity index is 389. The Morgan fingerprint density at radius 1 is 1.39 bits per heavy atom. The van der Waals surface area contributed by atoms with Gasteiger partial charge in [0.2, 0.25) is 0 Å². The third-order valence-corrected chi connectivity index (χ3v) is 3.58. The van der Waals surface area contributed by atoms with Crippen LogP contribution in [0.3, 0.4) is 0 Å². The molecular weight excluding hydrogens is 231 g/mol. The molecule has 0 saturated carbocycles. The minimum Gasteiger partial charge on any atom is -0.396 e. The standard InChI is InChI=1S/C14H21FN2O/c1-18-10-11-4-6-17(7-5-11)9-12-2-3-14(16)13(15)8-12/h2-3,8,11H,4-7,9-10,16H2,1H3. The zero-order chi connectivity index (χ0) is 13.0. The normalized spacial score (nSPS) is 18.1. The molecule has 0 spiro atoms. The van der Waals surface area contributed by atoms with E-state index in [0.29, 0.717) is 5.92 Å². The van der Waals surface area contributed by atoms with Gasteiger partial charge in [0, 0.05) is 20.3 Å². The first-order chi connectivity index (χ1) is 8.69. The number of piperidine rings is 1. The summed E-state index contributed by atoms with van der Waals surface area (Å²) in [6.45, 7) is 3.77. The lowest BCUT2D eigenvalue weighted by Gasteiger charge is -2.31. The summed E-state index contributed by atoms with van der Waals surface area (Å²) in [6.07, 6.45) is 2.32. The molecule has 0 unspecified atom stereocenters. The zero-order valence-corrected chi connectivity index (χ0v) is 10.9. The Hall–Kier alpha value is -1.13. The summed E-state index contributed by atoms with van der Waals surface area (Å²) >= 11 is 0. The van der Waals surface area contributed by atoms with Crippen LogP contribution in [-0.2, 0) is 11.3 Å². The molecule has 100 valence electrons. The van der Waals surface area contributed by atoms with Crippen LogP contribution in [0.4, 0.5) is 10.1 Å². The fourth-order valence-corrected chi connectivity index (χ4v) is 2.47. The Balaban J connectivity index is 1.85. The van der Waals surface area contributed by atoms with Gasteiger partial charge in [0.05, 0.1) is 5.69 Å². The fraction of sp³-hybridized carbons (Fsp3) is 0.571. The molecule has 0 amide bonds. The molecule has 2 rings (SSSR count). The van der Waals surface area contributed by atoms with E-state index in [-0.39, 0.29) is 11.5 Å². The van der Waals surface area contributed by atoms with Crippen LogP contribution in [0, 0.1) is 11.7 Å². The Morgan fingerprint density at radius 3 is 2.72 bits per heavy atom. The molecule has 0 aromatic heterocycles. The topological polar surface area (TPSA) is 38.5 Å². The number of ether oxygens (including phenoxy) is 1. The Kier molecular flexibility index (Phi) is 4.55. The summed E-state index contributed by atoms with van der Waals surface area (Å²) in [7, 11) is 1.75. The average Bonchev–Trinajstić information content (AvgIpc) is 2.37. The fourth-order valence-electron chi connectivity index (χ4n) is 2.47. The third kappa shape index (κ3) is 3.43. The van der Waals surface area contributed by atoms with E-state index in [1.807, 2.05) is 6.07 Å². The van der Waals surface area contributed by atoms with Crippen molar-refractivity contribution in [2.24, 2.45) is 5.92 Å². The minimum atomic E-state index is -0.318. The minimum absolute atomic E-state index is 0.220. The maximum absolute atomic E-state index is 13.3. The van der Waals surface area contributed by atoms with Gasteiger partial charge in [0.25, 0.3) is 0 Å². The summed E-state index contributed by atoms with van der Waals surface area (Å²) in [5, 5.41) is 0. The highest BCUT2D eigenvalue weighted by Gasteiger charge is 2.19. The molecule has 1 saturated heterocycles. The lowest BCUT2D eigenvalue weighted by atomic mass is 9.97. The van der Waals surface area contributed by atoms with Gasteiger partial charge in [-0.05, 0) is 49.5 Å². The van der Waals surface area contributed by atoms with E-state index in [0.717, 1.165) is 44.6 Å². The number of methoxy groups -OCH3 is 1. The third-order valence-electron chi connectivity index (χ3n) is 3.58. The average molecular weight is 252 g/mol. The van der Waals surface area contributed by atoms with Crippen molar-refractivity contribution >= 4 is 5.69 Å². The molecule has 1 heterocycles. The Labute approximate surface area is 108 Å². The SMILES string of the molecule is COCC1CCN(Cc2ccc(N)c(F)c2)CC1. The van der Waals surface area contributed by atoms with Gasteiger partial charge in [-0.3, -0.25) is 4.90 Å². The number of anilines is 1. The molecule has 0 aliphatic carbocycles. The van der Waals surface area contributed by atoms with Gasteiger partial charge in [-0.15, -0.1) is 0 Å². The number of nitrogen functional groups attached to an aromatic ring is 1. The van der Waals surface area contributed by atoms with Crippen molar-refractivity contribution < 1.29 is 9.13 Å². The molecule has 4 heteroatoms. The maximum Gasteiger partial charge on any atom is 0.146 e. The van der Waals surface area contributed by atoms with Crippen molar-refractivity contribution in [3.63, 3.8) is 0 Å². The van der Waals surface area contributed by atoms with Crippen molar-refractivity contribution in [2.45, 2.75) is 19.4 Å². The van der Waals surface area contributed by atoms with Crippen LogP contribution in [0.25, 0.3) is 0 Å². The molecule has 0 bridgehead atoms. The second-order valence-corrected chi connectivity index (χ2v) is 5.03. The van der Waals surface area contributed by atoms with E-state index >= 15 is 0 Å². The van der Waals surface area contributed by atoms with Gasteiger partial charge in [-0.25, -0.2) is 4.39 Å². The predicted octanol–water partition coefficient (Wildman–Crippen LogP) is 2.27.